The van der Waals surface area contributed by atoms with E-state index < -0.39 is 22.9 Å². The maximum absolute atomic E-state index is 13.3. The Balaban J connectivity index is 2.16. The number of esters is 1. The zero-order valence-corrected chi connectivity index (χ0v) is 11.0. The average molecular weight is 262 g/mol. The lowest BCUT2D eigenvalue weighted by Crippen LogP contribution is -2.49. The van der Waals surface area contributed by atoms with Crippen LogP contribution in [-0.2, 0) is 9.53 Å². The summed E-state index contributed by atoms with van der Waals surface area (Å²) >= 11 is 0. The number of alkyl halides is 2. The van der Waals surface area contributed by atoms with E-state index in [-0.39, 0.29) is 37.5 Å². The molecule has 1 N–H and O–H groups in total. The molecule has 0 aromatic heterocycles. The van der Waals surface area contributed by atoms with Gasteiger partial charge in [0.1, 0.15) is 0 Å². The van der Waals surface area contributed by atoms with Crippen LogP contribution in [0.15, 0.2) is 0 Å². The van der Waals surface area contributed by atoms with E-state index in [0.29, 0.717) is 0 Å². The minimum atomic E-state index is -2.61. The van der Waals surface area contributed by atoms with Gasteiger partial charge >= 0.3 is 5.97 Å². The normalized spacial score (nSPS) is 38.6. The Labute approximate surface area is 106 Å². The third kappa shape index (κ3) is 1.92. The van der Waals surface area contributed by atoms with Crippen LogP contribution < -0.4 is 0 Å². The number of aliphatic hydroxyl groups is 1. The van der Waals surface area contributed by atoms with Crippen molar-refractivity contribution in [2.75, 3.05) is 7.11 Å². The molecule has 3 nitrogen and oxygen atoms in total. The van der Waals surface area contributed by atoms with Crippen molar-refractivity contribution >= 4 is 5.97 Å². The highest BCUT2D eigenvalue weighted by Gasteiger charge is 2.61. The van der Waals surface area contributed by atoms with E-state index in [0.717, 1.165) is 0 Å². The Hall–Kier alpha value is -0.710. The van der Waals surface area contributed by atoms with Gasteiger partial charge in [0.05, 0.1) is 18.1 Å². The fourth-order valence-electron chi connectivity index (χ4n) is 3.57. The minimum Gasteiger partial charge on any atom is -0.469 e. The third-order valence-corrected chi connectivity index (χ3v) is 4.85. The summed E-state index contributed by atoms with van der Waals surface area (Å²) in [4.78, 5) is 11.7. The first-order valence-electron chi connectivity index (χ1n) is 6.30. The fraction of sp³-hybridized carbons (Fsp3) is 0.923. The molecule has 18 heavy (non-hydrogen) atoms. The van der Waals surface area contributed by atoms with Crippen molar-refractivity contribution in [2.24, 2.45) is 17.3 Å². The van der Waals surface area contributed by atoms with E-state index in [1.165, 1.54) is 7.11 Å². The quantitative estimate of drug-likeness (QED) is 0.777. The smallest absolute Gasteiger partial charge is 0.314 e. The van der Waals surface area contributed by atoms with Gasteiger partial charge in [-0.15, -0.1) is 0 Å². The van der Waals surface area contributed by atoms with Crippen molar-refractivity contribution in [1.82, 2.24) is 0 Å². The van der Waals surface area contributed by atoms with Gasteiger partial charge in [-0.1, -0.05) is 0 Å². The number of hydrogen-bond donors (Lipinski definition) is 1. The summed E-state index contributed by atoms with van der Waals surface area (Å²) < 4.78 is 31.2. The lowest BCUT2D eigenvalue weighted by Gasteiger charge is -2.38. The molecule has 2 rings (SSSR count). The molecular weight excluding hydrogens is 242 g/mol. The topological polar surface area (TPSA) is 46.5 Å². The molecule has 0 aliphatic heterocycles. The van der Waals surface area contributed by atoms with Gasteiger partial charge in [0.2, 0.25) is 5.92 Å². The third-order valence-electron chi connectivity index (χ3n) is 4.85. The zero-order valence-electron chi connectivity index (χ0n) is 11.0. The summed E-state index contributed by atoms with van der Waals surface area (Å²) in [6, 6.07) is 0. The molecular formula is C13H20F2O3. The van der Waals surface area contributed by atoms with Gasteiger partial charge in [0, 0.05) is 12.8 Å². The van der Waals surface area contributed by atoms with Crippen LogP contribution in [0.25, 0.3) is 0 Å². The fourth-order valence-corrected chi connectivity index (χ4v) is 3.57. The summed E-state index contributed by atoms with van der Waals surface area (Å²) in [5.74, 6) is -3.47. The van der Waals surface area contributed by atoms with Crippen molar-refractivity contribution in [3.05, 3.63) is 0 Å². The van der Waals surface area contributed by atoms with Crippen molar-refractivity contribution in [2.45, 2.75) is 51.1 Å². The zero-order chi connectivity index (χ0) is 13.8. The minimum absolute atomic E-state index is 0.169. The Morgan fingerprint density at radius 3 is 2.06 bits per heavy atom. The van der Waals surface area contributed by atoms with Crippen molar-refractivity contribution in [3.8, 4) is 0 Å². The van der Waals surface area contributed by atoms with E-state index >= 15 is 0 Å². The molecule has 0 spiro atoms. The standard InChI is InChI=1S/C13H20F2O3/c1-11(2,10(16)18-3)12(17)4-8-6-13(14,15)7-9(8)5-12/h8-9,17H,4-7H2,1-3H3/t8-,9+,12?. The van der Waals surface area contributed by atoms with Crippen molar-refractivity contribution in [3.63, 3.8) is 0 Å². The van der Waals surface area contributed by atoms with Gasteiger partial charge < -0.3 is 9.84 Å². The maximum Gasteiger partial charge on any atom is 0.314 e. The van der Waals surface area contributed by atoms with Crippen LogP contribution in [-0.4, -0.2) is 29.7 Å². The average Bonchev–Trinajstić information content (AvgIpc) is 2.66. The first kappa shape index (κ1) is 13.7. The second kappa shape index (κ2) is 3.89. The van der Waals surface area contributed by atoms with Gasteiger partial charge in [-0.25, -0.2) is 8.78 Å². The SMILES string of the molecule is COC(=O)C(C)(C)C1(O)C[C@H]2CC(F)(F)C[C@H]2C1. The largest absolute Gasteiger partial charge is 0.469 e. The van der Waals surface area contributed by atoms with E-state index in [2.05, 4.69) is 0 Å². The predicted octanol–water partition coefficient (Wildman–Crippen LogP) is 2.37. The highest BCUT2D eigenvalue weighted by Crippen LogP contribution is 2.58. The monoisotopic (exact) mass is 262 g/mol. The van der Waals surface area contributed by atoms with Crippen LogP contribution in [0.5, 0.6) is 0 Å². The van der Waals surface area contributed by atoms with E-state index in [9.17, 15) is 18.7 Å². The second-order valence-electron chi connectivity index (χ2n) is 6.34. The number of rotatable bonds is 2. The van der Waals surface area contributed by atoms with Crippen molar-refractivity contribution < 1.29 is 23.4 Å². The Morgan fingerprint density at radius 2 is 1.67 bits per heavy atom. The number of carbonyl (C=O) groups is 1. The van der Waals surface area contributed by atoms with Gasteiger partial charge in [0.15, 0.2) is 0 Å². The molecule has 0 radical (unpaired) electrons. The summed E-state index contributed by atoms with van der Waals surface area (Å²) in [5, 5.41) is 10.7. The number of hydrogen-bond acceptors (Lipinski definition) is 3. The summed E-state index contributed by atoms with van der Waals surface area (Å²) in [6.07, 6.45) is 0.180. The van der Waals surface area contributed by atoms with Gasteiger partial charge in [-0.05, 0) is 38.5 Å². The van der Waals surface area contributed by atoms with E-state index in [4.69, 9.17) is 4.74 Å². The van der Waals surface area contributed by atoms with Crippen LogP contribution in [0.3, 0.4) is 0 Å². The first-order chi connectivity index (χ1) is 8.11. The Morgan fingerprint density at radius 1 is 1.22 bits per heavy atom. The molecule has 1 unspecified atom stereocenters. The lowest BCUT2D eigenvalue weighted by atomic mass is 9.72. The van der Waals surface area contributed by atoms with Crippen LogP contribution in [0.2, 0.25) is 0 Å². The van der Waals surface area contributed by atoms with Crippen LogP contribution >= 0.6 is 0 Å². The number of carbonyl (C=O) groups excluding carboxylic acids is 1. The van der Waals surface area contributed by atoms with Crippen LogP contribution in [0.1, 0.15) is 39.5 Å². The Bertz CT molecular complexity index is 349. The lowest BCUT2D eigenvalue weighted by molar-refractivity contribution is -0.169. The molecule has 0 heterocycles. The number of fused-ring (bicyclic) bond motifs is 1. The van der Waals surface area contributed by atoms with Crippen molar-refractivity contribution in [1.29, 1.82) is 0 Å². The summed E-state index contributed by atoms with van der Waals surface area (Å²) in [6.45, 7) is 3.25. The molecule has 0 aromatic carbocycles. The molecule has 2 fully saturated rings. The summed E-state index contributed by atoms with van der Waals surface area (Å²) in [5.41, 5.74) is -2.28. The van der Waals surface area contributed by atoms with E-state index in [1.807, 2.05) is 0 Å². The highest BCUT2D eigenvalue weighted by atomic mass is 19.3. The molecule has 0 aromatic rings. The molecule has 104 valence electrons. The van der Waals surface area contributed by atoms with Gasteiger partial charge in [-0.2, -0.15) is 0 Å². The molecule has 0 saturated heterocycles. The molecule has 2 aliphatic carbocycles. The molecule has 5 heteroatoms. The van der Waals surface area contributed by atoms with Gasteiger partial charge in [-0.3, -0.25) is 4.79 Å². The number of halogens is 2. The molecule has 0 bridgehead atoms. The molecule has 2 saturated carbocycles. The second-order valence-corrected chi connectivity index (χ2v) is 6.34. The highest BCUT2D eigenvalue weighted by molar-refractivity contribution is 5.77. The van der Waals surface area contributed by atoms with Gasteiger partial charge in [0.25, 0.3) is 0 Å². The maximum atomic E-state index is 13.3. The molecule has 3 atom stereocenters. The first-order valence-corrected chi connectivity index (χ1v) is 6.30. The predicted molar refractivity (Wildman–Crippen MR) is 61.1 cm³/mol. The van der Waals surface area contributed by atoms with Crippen LogP contribution in [0, 0.1) is 17.3 Å². The number of methoxy groups -OCH3 is 1. The molecule has 2 aliphatic rings. The molecule has 0 amide bonds. The van der Waals surface area contributed by atoms with E-state index in [1.54, 1.807) is 13.8 Å². The Kier molecular flexibility index (Phi) is 2.96. The van der Waals surface area contributed by atoms with Crippen LogP contribution in [0.4, 0.5) is 8.78 Å². The number of ether oxygens (including phenoxy) is 1. The summed E-state index contributed by atoms with van der Waals surface area (Å²) in [7, 11) is 1.28.